The van der Waals surface area contributed by atoms with Gasteiger partial charge in [0.05, 0.1) is 0 Å². The summed E-state index contributed by atoms with van der Waals surface area (Å²) in [6.07, 6.45) is 1.56. The van der Waals surface area contributed by atoms with E-state index in [-0.39, 0.29) is 11.3 Å². The number of nitrogens with zero attached hydrogens (tertiary/aromatic N) is 1. The first kappa shape index (κ1) is 16.5. The van der Waals surface area contributed by atoms with Crippen LogP contribution in [-0.4, -0.2) is 49.4 Å². The zero-order chi connectivity index (χ0) is 16.3. The van der Waals surface area contributed by atoms with Crippen LogP contribution >= 0.6 is 11.8 Å². The van der Waals surface area contributed by atoms with Crippen LogP contribution < -0.4 is 15.2 Å². The van der Waals surface area contributed by atoms with Crippen LogP contribution in [0.3, 0.4) is 0 Å². The smallest absolute Gasteiger partial charge is 0.223 e. The zero-order valence-electron chi connectivity index (χ0n) is 13.5. The summed E-state index contributed by atoms with van der Waals surface area (Å²) in [5.41, 5.74) is 5.89. The van der Waals surface area contributed by atoms with Gasteiger partial charge in [-0.15, -0.1) is 11.8 Å². The minimum absolute atomic E-state index is 0.0959. The van der Waals surface area contributed by atoms with E-state index in [0.29, 0.717) is 26.2 Å². The maximum Gasteiger partial charge on any atom is 0.223 e. The van der Waals surface area contributed by atoms with Crippen LogP contribution in [0, 0.1) is 5.41 Å². The second kappa shape index (κ2) is 7.01. The molecule has 23 heavy (non-hydrogen) atoms. The average Bonchev–Trinajstić information content (AvgIpc) is 2.98. The van der Waals surface area contributed by atoms with E-state index in [9.17, 15) is 4.79 Å². The Balaban J connectivity index is 1.47. The molecule has 1 atom stereocenters. The summed E-state index contributed by atoms with van der Waals surface area (Å²) < 4.78 is 11.1. The van der Waals surface area contributed by atoms with Gasteiger partial charge in [0.25, 0.3) is 0 Å². The Morgan fingerprint density at radius 1 is 1.35 bits per heavy atom. The Kier molecular flexibility index (Phi) is 5.02. The highest BCUT2D eigenvalue weighted by molar-refractivity contribution is 7.99. The fourth-order valence-electron chi connectivity index (χ4n) is 2.93. The molecule has 0 spiro atoms. The summed E-state index contributed by atoms with van der Waals surface area (Å²) in [6.45, 7) is 5.62. The molecule has 1 aromatic carbocycles. The fourth-order valence-corrected chi connectivity index (χ4v) is 3.80. The number of fused-ring (bicyclic) bond motifs is 1. The molecular formula is C17H24N2O3S. The highest BCUT2D eigenvalue weighted by Gasteiger charge is 2.34. The molecular weight excluding hydrogens is 312 g/mol. The standard InChI is InChI=1S/C17H24N2O3S/c1-17(11-18)5-6-19(12-17)16(20)4-9-23-13-2-3-14-15(10-13)22-8-7-21-14/h2-3,10H,4-9,11-12,18H2,1H3. The Labute approximate surface area is 141 Å². The molecule has 0 saturated carbocycles. The maximum atomic E-state index is 12.3. The Morgan fingerprint density at radius 3 is 2.87 bits per heavy atom. The van der Waals surface area contributed by atoms with Gasteiger partial charge in [-0.05, 0) is 36.6 Å². The molecule has 126 valence electrons. The first-order valence-corrected chi connectivity index (χ1v) is 9.08. The predicted octanol–water partition coefficient (Wildman–Crippen LogP) is 2.14. The van der Waals surface area contributed by atoms with Crippen molar-refractivity contribution in [1.29, 1.82) is 0 Å². The lowest BCUT2D eigenvalue weighted by molar-refractivity contribution is -0.130. The van der Waals surface area contributed by atoms with Crippen molar-refractivity contribution in [3.8, 4) is 11.5 Å². The van der Waals surface area contributed by atoms with Gasteiger partial charge in [0, 0.05) is 30.2 Å². The van der Waals surface area contributed by atoms with E-state index < -0.39 is 0 Å². The molecule has 2 N–H and O–H groups in total. The number of ether oxygens (including phenoxy) is 2. The van der Waals surface area contributed by atoms with Crippen molar-refractivity contribution in [3.63, 3.8) is 0 Å². The van der Waals surface area contributed by atoms with E-state index in [1.165, 1.54) is 0 Å². The fraction of sp³-hybridized carbons (Fsp3) is 0.588. The quantitative estimate of drug-likeness (QED) is 0.835. The van der Waals surface area contributed by atoms with Gasteiger partial charge in [0.2, 0.25) is 5.91 Å². The third-order valence-corrected chi connectivity index (χ3v) is 5.50. The number of benzene rings is 1. The van der Waals surface area contributed by atoms with Gasteiger partial charge < -0.3 is 20.1 Å². The van der Waals surface area contributed by atoms with Crippen molar-refractivity contribution in [3.05, 3.63) is 18.2 Å². The molecule has 1 amide bonds. The van der Waals surface area contributed by atoms with Crippen molar-refractivity contribution in [2.45, 2.75) is 24.7 Å². The largest absolute Gasteiger partial charge is 0.486 e. The molecule has 1 saturated heterocycles. The molecule has 1 fully saturated rings. The summed E-state index contributed by atoms with van der Waals surface area (Å²) in [5.74, 6) is 2.60. The van der Waals surface area contributed by atoms with E-state index in [2.05, 4.69) is 6.92 Å². The second-order valence-electron chi connectivity index (χ2n) is 6.48. The van der Waals surface area contributed by atoms with E-state index >= 15 is 0 Å². The second-order valence-corrected chi connectivity index (χ2v) is 7.65. The molecule has 0 aliphatic carbocycles. The van der Waals surface area contributed by atoms with Crippen molar-refractivity contribution >= 4 is 17.7 Å². The zero-order valence-corrected chi connectivity index (χ0v) is 14.4. The van der Waals surface area contributed by atoms with E-state index in [1.54, 1.807) is 11.8 Å². The van der Waals surface area contributed by atoms with Crippen LogP contribution in [0.4, 0.5) is 0 Å². The Hall–Kier alpha value is -1.40. The average molecular weight is 336 g/mol. The van der Waals surface area contributed by atoms with Gasteiger partial charge in [-0.25, -0.2) is 0 Å². The van der Waals surface area contributed by atoms with E-state index in [1.807, 2.05) is 23.1 Å². The maximum absolute atomic E-state index is 12.3. The number of thioether (sulfide) groups is 1. The highest BCUT2D eigenvalue weighted by Crippen LogP contribution is 2.34. The number of hydrogen-bond acceptors (Lipinski definition) is 5. The Morgan fingerprint density at radius 2 is 2.13 bits per heavy atom. The van der Waals surface area contributed by atoms with Gasteiger partial charge in [0.1, 0.15) is 13.2 Å². The molecule has 0 bridgehead atoms. The third-order valence-electron chi connectivity index (χ3n) is 4.50. The van der Waals surface area contributed by atoms with Crippen LogP contribution in [0.25, 0.3) is 0 Å². The topological polar surface area (TPSA) is 64.8 Å². The predicted molar refractivity (Wildman–Crippen MR) is 91.1 cm³/mol. The third kappa shape index (κ3) is 3.93. The number of amides is 1. The lowest BCUT2D eigenvalue weighted by atomic mass is 9.90. The first-order chi connectivity index (χ1) is 11.1. The van der Waals surface area contributed by atoms with Crippen LogP contribution in [0.15, 0.2) is 23.1 Å². The number of nitrogens with two attached hydrogens (primary N) is 1. The number of carbonyl (C=O) groups excluding carboxylic acids is 1. The van der Waals surface area contributed by atoms with Gasteiger partial charge in [-0.3, -0.25) is 4.79 Å². The SMILES string of the molecule is CC1(CN)CCN(C(=O)CCSc2ccc3c(c2)OCCO3)C1. The number of rotatable bonds is 5. The summed E-state index contributed by atoms with van der Waals surface area (Å²) in [5, 5.41) is 0. The van der Waals surface area contributed by atoms with Gasteiger partial charge in [-0.2, -0.15) is 0 Å². The monoisotopic (exact) mass is 336 g/mol. The van der Waals surface area contributed by atoms with Crippen molar-refractivity contribution < 1.29 is 14.3 Å². The van der Waals surface area contributed by atoms with Crippen molar-refractivity contribution in [2.75, 3.05) is 38.6 Å². The molecule has 5 nitrogen and oxygen atoms in total. The summed E-state index contributed by atoms with van der Waals surface area (Å²) in [4.78, 5) is 15.4. The number of likely N-dealkylation sites (tertiary alicyclic amines) is 1. The molecule has 2 aliphatic heterocycles. The molecule has 3 rings (SSSR count). The van der Waals surface area contributed by atoms with E-state index in [4.69, 9.17) is 15.2 Å². The normalized spacial score (nSPS) is 23.1. The molecule has 6 heteroatoms. The lowest BCUT2D eigenvalue weighted by Gasteiger charge is -2.22. The number of hydrogen-bond donors (Lipinski definition) is 1. The highest BCUT2D eigenvalue weighted by atomic mass is 32.2. The van der Waals surface area contributed by atoms with Gasteiger partial charge in [-0.1, -0.05) is 6.92 Å². The van der Waals surface area contributed by atoms with Gasteiger partial charge in [0.15, 0.2) is 11.5 Å². The van der Waals surface area contributed by atoms with Crippen LogP contribution in [0.1, 0.15) is 19.8 Å². The van der Waals surface area contributed by atoms with Crippen LogP contribution in [0.5, 0.6) is 11.5 Å². The van der Waals surface area contributed by atoms with Gasteiger partial charge >= 0.3 is 0 Å². The molecule has 2 aliphatic rings. The first-order valence-electron chi connectivity index (χ1n) is 8.10. The van der Waals surface area contributed by atoms with Crippen molar-refractivity contribution in [2.24, 2.45) is 11.1 Å². The van der Waals surface area contributed by atoms with Crippen molar-refractivity contribution in [1.82, 2.24) is 4.90 Å². The Bertz CT molecular complexity index is 581. The minimum Gasteiger partial charge on any atom is -0.486 e. The van der Waals surface area contributed by atoms with Crippen LogP contribution in [0.2, 0.25) is 0 Å². The molecule has 2 heterocycles. The number of carbonyl (C=O) groups is 1. The summed E-state index contributed by atoms with van der Waals surface area (Å²) >= 11 is 1.68. The molecule has 0 radical (unpaired) electrons. The van der Waals surface area contributed by atoms with Crippen LogP contribution in [-0.2, 0) is 4.79 Å². The summed E-state index contributed by atoms with van der Waals surface area (Å²) in [7, 11) is 0. The summed E-state index contributed by atoms with van der Waals surface area (Å²) in [6, 6.07) is 5.95. The molecule has 1 aromatic rings. The van der Waals surface area contributed by atoms with E-state index in [0.717, 1.165) is 41.7 Å². The molecule has 0 aromatic heterocycles. The molecule has 1 unspecified atom stereocenters. The lowest BCUT2D eigenvalue weighted by Crippen LogP contribution is -2.34. The minimum atomic E-state index is 0.0959.